The summed E-state index contributed by atoms with van der Waals surface area (Å²) < 4.78 is 11.7. The van der Waals surface area contributed by atoms with E-state index in [0.29, 0.717) is 17.9 Å². The summed E-state index contributed by atoms with van der Waals surface area (Å²) in [5, 5.41) is 0. The number of hydrogen-bond donors (Lipinski definition) is 0. The molecule has 70 valence electrons. The topological polar surface area (TPSA) is 18.5 Å². The van der Waals surface area contributed by atoms with E-state index in [4.69, 9.17) is 9.47 Å². The lowest BCUT2D eigenvalue weighted by molar-refractivity contribution is -0.229. The van der Waals surface area contributed by atoms with Crippen LogP contribution < -0.4 is 0 Å². The van der Waals surface area contributed by atoms with Crippen molar-refractivity contribution in [2.45, 2.75) is 45.5 Å². The first kappa shape index (κ1) is 8.52. The number of rotatable bonds is 1. The molecule has 2 rings (SSSR count). The first-order valence-electron chi connectivity index (χ1n) is 4.99. The Labute approximate surface area is 74.2 Å². The van der Waals surface area contributed by atoms with E-state index in [2.05, 4.69) is 20.8 Å². The summed E-state index contributed by atoms with van der Waals surface area (Å²) in [4.78, 5) is 0. The maximum atomic E-state index is 5.94. The quantitative estimate of drug-likeness (QED) is 0.600. The van der Waals surface area contributed by atoms with E-state index in [1.165, 1.54) is 6.42 Å². The molecule has 2 nitrogen and oxygen atoms in total. The van der Waals surface area contributed by atoms with Crippen molar-refractivity contribution < 1.29 is 9.47 Å². The molecule has 2 bridgehead atoms. The van der Waals surface area contributed by atoms with Gasteiger partial charge in [0.05, 0.1) is 12.7 Å². The summed E-state index contributed by atoms with van der Waals surface area (Å²) >= 11 is 0. The van der Waals surface area contributed by atoms with E-state index in [9.17, 15) is 0 Å². The van der Waals surface area contributed by atoms with Gasteiger partial charge in [-0.15, -0.1) is 0 Å². The molecule has 4 atom stereocenters. The van der Waals surface area contributed by atoms with Crippen LogP contribution in [0.15, 0.2) is 0 Å². The largest absolute Gasteiger partial charge is 0.347 e. The van der Waals surface area contributed by atoms with Gasteiger partial charge < -0.3 is 9.47 Å². The van der Waals surface area contributed by atoms with Crippen molar-refractivity contribution in [3.05, 3.63) is 0 Å². The van der Waals surface area contributed by atoms with E-state index < -0.39 is 0 Å². The lowest BCUT2D eigenvalue weighted by Crippen LogP contribution is -2.43. The zero-order valence-corrected chi connectivity index (χ0v) is 8.17. The molecule has 0 radical (unpaired) electrons. The molecule has 2 aliphatic rings. The van der Waals surface area contributed by atoms with Crippen LogP contribution in [0.1, 0.15) is 33.6 Å². The Kier molecular flexibility index (Phi) is 1.92. The van der Waals surface area contributed by atoms with Crippen molar-refractivity contribution in [2.75, 3.05) is 6.61 Å². The van der Waals surface area contributed by atoms with Gasteiger partial charge in [0.2, 0.25) is 0 Å². The maximum Gasteiger partial charge on any atom is 0.171 e. The first-order valence-corrected chi connectivity index (χ1v) is 4.99. The molecule has 2 heteroatoms. The molecule has 2 aliphatic heterocycles. The monoisotopic (exact) mass is 170 g/mol. The molecule has 0 amide bonds. The molecule has 2 fully saturated rings. The fraction of sp³-hybridized carbons (Fsp3) is 1.00. The smallest absolute Gasteiger partial charge is 0.171 e. The third-order valence-electron chi connectivity index (χ3n) is 3.45. The van der Waals surface area contributed by atoms with Crippen LogP contribution in [-0.4, -0.2) is 18.5 Å². The van der Waals surface area contributed by atoms with E-state index in [1.54, 1.807) is 0 Å². The van der Waals surface area contributed by atoms with Crippen LogP contribution in [-0.2, 0) is 9.47 Å². The molecule has 2 saturated heterocycles. The van der Waals surface area contributed by atoms with Crippen LogP contribution in [0.4, 0.5) is 0 Å². The van der Waals surface area contributed by atoms with E-state index in [1.807, 2.05) is 0 Å². The summed E-state index contributed by atoms with van der Waals surface area (Å²) in [6, 6.07) is 0. The first-order chi connectivity index (χ1) is 5.68. The molecule has 0 aromatic rings. The Balaban J connectivity index is 2.18. The van der Waals surface area contributed by atoms with Crippen molar-refractivity contribution in [3.63, 3.8) is 0 Å². The standard InChI is InChI=1S/C10H18O2/c1-4-10-8(3)5-7(2)9(12-10)6-11-10/h7-9H,4-6H2,1-3H3/t7-,8+,9+,10+/m1/s1. The van der Waals surface area contributed by atoms with Crippen molar-refractivity contribution in [1.29, 1.82) is 0 Å². The second-order valence-electron chi connectivity index (χ2n) is 4.25. The zero-order valence-electron chi connectivity index (χ0n) is 8.17. The fourth-order valence-electron chi connectivity index (χ4n) is 2.51. The highest BCUT2D eigenvalue weighted by atomic mass is 16.7. The minimum Gasteiger partial charge on any atom is -0.347 e. The Bertz CT molecular complexity index is 181. The van der Waals surface area contributed by atoms with Gasteiger partial charge in [0, 0.05) is 5.92 Å². The van der Waals surface area contributed by atoms with Gasteiger partial charge in [0.25, 0.3) is 0 Å². The SMILES string of the molecule is CC[C@]12OC[C@H](O1)[C@H](C)C[C@@H]2C. The van der Waals surface area contributed by atoms with Gasteiger partial charge in [-0.1, -0.05) is 20.8 Å². The highest BCUT2D eigenvalue weighted by Crippen LogP contribution is 2.44. The van der Waals surface area contributed by atoms with Crippen LogP contribution in [0, 0.1) is 11.8 Å². The zero-order chi connectivity index (χ0) is 8.77. The van der Waals surface area contributed by atoms with E-state index in [-0.39, 0.29) is 5.79 Å². The average Bonchev–Trinajstić information content (AvgIpc) is 2.44. The Morgan fingerprint density at radius 3 is 2.83 bits per heavy atom. The van der Waals surface area contributed by atoms with E-state index >= 15 is 0 Å². The highest BCUT2D eigenvalue weighted by molar-refractivity contribution is 4.91. The molecule has 0 aliphatic carbocycles. The van der Waals surface area contributed by atoms with Gasteiger partial charge in [-0.25, -0.2) is 0 Å². The van der Waals surface area contributed by atoms with Crippen molar-refractivity contribution in [3.8, 4) is 0 Å². The number of ether oxygens (including phenoxy) is 2. The summed E-state index contributed by atoms with van der Waals surface area (Å²) in [5.74, 6) is 0.996. The molecule has 12 heavy (non-hydrogen) atoms. The van der Waals surface area contributed by atoms with Gasteiger partial charge in [-0.05, 0) is 18.8 Å². The minimum absolute atomic E-state index is 0.225. The number of fused-ring (bicyclic) bond motifs is 2. The molecular formula is C10H18O2. The lowest BCUT2D eigenvalue weighted by atomic mass is 9.84. The Morgan fingerprint density at radius 2 is 2.17 bits per heavy atom. The molecule has 0 N–H and O–H groups in total. The molecule has 0 saturated carbocycles. The predicted molar refractivity (Wildman–Crippen MR) is 46.8 cm³/mol. The van der Waals surface area contributed by atoms with Crippen molar-refractivity contribution in [2.24, 2.45) is 11.8 Å². The van der Waals surface area contributed by atoms with Gasteiger partial charge in [-0.3, -0.25) is 0 Å². The van der Waals surface area contributed by atoms with Crippen LogP contribution in [0.5, 0.6) is 0 Å². The summed E-state index contributed by atoms with van der Waals surface area (Å²) in [6.07, 6.45) is 2.59. The Hall–Kier alpha value is -0.0800. The van der Waals surface area contributed by atoms with Crippen molar-refractivity contribution in [1.82, 2.24) is 0 Å². The second kappa shape index (κ2) is 2.71. The van der Waals surface area contributed by atoms with Crippen LogP contribution in [0.3, 0.4) is 0 Å². The molecule has 0 aromatic carbocycles. The van der Waals surface area contributed by atoms with Crippen LogP contribution in [0.25, 0.3) is 0 Å². The number of hydrogen-bond acceptors (Lipinski definition) is 2. The van der Waals surface area contributed by atoms with Gasteiger partial charge in [0.1, 0.15) is 0 Å². The third kappa shape index (κ3) is 1.01. The molecular weight excluding hydrogens is 152 g/mol. The van der Waals surface area contributed by atoms with E-state index in [0.717, 1.165) is 13.0 Å². The normalized spacial score (nSPS) is 52.8. The fourth-order valence-corrected chi connectivity index (χ4v) is 2.51. The summed E-state index contributed by atoms with van der Waals surface area (Å²) in [7, 11) is 0. The summed E-state index contributed by atoms with van der Waals surface area (Å²) in [5.41, 5.74) is 0. The summed E-state index contributed by atoms with van der Waals surface area (Å²) in [6.45, 7) is 7.45. The lowest BCUT2D eigenvalue weighted by Gasteiger charge is -2.39. The Morgan fingerprint density at radius 1 is 1.42 bits per heavy atom. The van der Waals surface area contributed by atoms with Gasteiger partial charge in [-0.2, -0.15) is 0 Å². The minimum atomic E-state index is -0.225. The maximum absolute atomic E-state index is 5.94. The molecule has 0 aromatic heterocycles. The molecule has 0 spiro atoms. The van der Waals surface area contributed by atoms with Crippen LogP contribution in [0.2, 0.25) is 0 Å². The van der Waals surface area contributed by atoms with Gasteiger partial charge in [0.15, 0.2) is 5.79 Å². The third-order valence-corrected chi connectivity index (χ3v) is 3.45. The highest BCUT2D eigenvalue weighted by Gasteiger charge is 2.50. The predicted octanol–water partition coefficient (Wildman–Crippen LogP) is 2.18. The molecule has 2 heterocycles. The van der Waals surface area contributed by atoms with Gasteiger partial charge >= 0.3 is 0 Å². The van der Waals surface area contributed by atoms with Crippen LogP contribution >= 0.6 is 0 Å². The molecule has 0 unspecified atom stereocenters. The average molecular weight is 170 g/mol. The second-order valence-corrected chi connectivity index (χ2v) is 4.25. The van der Waals surface area contributed by atoms with Crippen molar-refractivity contribution >= 4 is 0 Å².